The number of carbonyl (C=O) groups is 1. The number of phosphoric ester groups is 1. The number of rotatable bonds is 9. The van der Waals surface area contributed by atoms with Gasteiger partial charge in [0, 0.05) is 4.91 Å². The molecule has 5 rings (SSSR count). The number of fused-ring (bicyclic) bond motifs is 2. The number of aliphatic hydroxyl groups is 1. The number of anilines is 1. The van der Waals surface area contributed by atoms with Crippen LogP contribution in [0.25, 0.3) is 32.4 Å². The summed E-state index contributed by atoms with van der Waals surface area (Å²) >= 11 is 0. The Kier molecular flexibility index (Phi) is 7.98. The number of phosphoric acid groups is 2. The molecule has 2 aromatic carbocycles. The molecular weight excluding hydrogens is 602 g/mol. The third-order valence-corrected chi connectivity index (χ3v) is 8.17. The molecule has 1 aliphatic rings. The van der Waals surface area contributed by atoms with Crippen molar-refractivity contribution in [2.24, 2.45) is 5.11 Å². The highest BCUT2D eigenvalue weighted by Gasteiger charge is 2.49. The number of nitrogens with zero attached hydrogens (tertiary/aromatic N) is 7. The summed E-state index contributed by atoms with van der Waals surface area (Å²) in [5.41, 5.74) is 14.7. The Morgan fingerprint density at radius 3 is 2.64 bits per heavy atom. The van der Waals surface area contributed by atoms with Crippen molar-refractivity contribution >= 4 is 55.3 Å². The van der Waals surface area contributed by atoms with Crippen molar-refractivity contribution in [3.8, 4) is 0 Å². The van der Waals surface area contributed by atoms with Gasteiger partial charge in [-0.15, -0.1) is 0 Å². The summed E-state index contributed by atoms with van der Waals surface area (Å²) in [4.78, 5) is 55.4. The molecule has 4 aromatic rings. The van der Waals surface area contributed by atoms with E-state index in [0.717, 1.165) is 16.3 Å². The van der Waals surface area contributed by atoms with E-state index in [9.17, 15) is 23.9 Å². The largest absolute Gasteiger partial charge is 0.481 e. The Morgan fingerprint density at radius 2 is 1.90 bits per heavy atom. The van der Waals surface area contributed by atoms with Crippen LogP contribution in [-0.2, 0) is 27.4 Å². The first-order valence-electron chi connectivity index (χ1n) is 11.7. The minimum atomic E-state index is -5.44. The predicted octanol–water partition coefficient (Wildman–Crippen LogP) is 2.21. The Hall–Kier alpha value is -3.99. The minimum absolute atomic E-state index is 0.0431. The number of aliphatic hydroxyl groups excluding tert-OH is 1. The Morgan fingerprint density at radius 1 is 1.17 bits per heavy atom. The summed E-state index contributed by atoms with van der Waals surface area (Å²) in [6.07, 6.45) is -5.06. The Labute approximate surface area is 233 Å². The third kappa shape index (κ3) is 6.11. The molecule has 19 nitrogen and oxygen atoms in total. The molecule has 0 amide bonds. The summed E-state index contributed by atoms with van der Waals surface area (Å²) < 4.78 is 44.2. The minimum Gasteiger partial charge on any atom is -0.453 e. The lowest BCUT2D eigenvalue weighted by Gasteiger charge is -2.22. The molecular formula is C21H20N8O11P2. The zero-order valence-electron chi connectivity index (χ0n) is 20.9. The van der Waals surface area contributed by atoms with Gasteiger partial charge in [-0.1, -0.05) is 36.4 Å². The highest BCUT2D eigenvalue weighted by atomic mass is 31.3. The van der Waals surface area contributed by atoms with E-state index in [0.29, 0.717) is 5.39 Å². The average molecular weight is 622 g/mol. The van der Waals surface area contributed by atoms with Gasteiger partial charge in [0.2, 0.25) is 5.95 Å². The molecule has 0 spiro atoms. The van der Waals surface area contributed by atoms with Gasteiger partial charge in [0.15, 0.2) is 23.8 Å². The number of hydrogen-bond donors (Lipinski definition) is 5. The maximum atomic E-state index is 13.3. The number of esters is 1. The fourth-order valence-electron chi connectivity index (χ4n) is 4.34. The monoisotopic (exact) mass is 622 g/mol. The standard InChI is InChI=1S/C21H20N8O11P2/c22-17-14-18(26-21(25-17)27-28-23)29(9-24-14)19-15(30)16(13(38-19)8-37-42(35,36)40-41(32,33)34)39-20(31)12-7-3-5-10-4-1-2-6-11(10)12/h1-7,9,13,15-16,19,30H,8H2,(H,35,36)(H2,22,25,26)(H2,32,33,34)/t13-,15-,16-,19-/m1/s1. The molecule has 21 heteroatoms. The normalized spacial score (nSPS) is 22.1. The third-order valence-electron chi connectivity index (χ3n) is 6.02. The van der Waals surface area contributed by atoms with Gasteiger partial charge in [-0.05, 0) is 27.5 Å². The van der Waals surface area contributed by atoms with Gasteiger partial charge in [-0.2, -0.15) is 4.31 Å². The topological polar surface area (TPSA) is 287 Å². The van der Waals surface area contributed by atoms with Gasteiger partial charge in [0.25, 0.3) is 0 Å². The summed E-state index contributed by atoms with van der Waals surface area (Å²) in [6.45, 7) is -0.942. The molecule has 220 valence electrons. The molecule has 1 saturated heterocycles. The number of hydrogen-bond acceptors (Lipinski definition) is 13. The summed E-state index contributed by atoms with van der Waals surface area (Å²) in [7, 11) is -10.8. The molecule has 0 aliphatic carbocycles. The van der Waals surface area contributed by atoms with Crippen LogP contribution < -0.4 is 5.73 Å². The van der Waals surface area contributed by atoms with E-state index in [1.165, 1.54) is 6.07 Å². The number of azide groups is 1. The van der Waals surface area contributed by atoms with Crippen LogP contribution in [0.3, 0.4) is 0 Å². The first-order valence-corrected chi connectivity index (χ1v) is 14.7. The van der Waals surface area contributed by atoms with Gasteiger partial charge >= 0.3 is 21.6 Å². The van der Waals surface area contributed by atoms with E-state index in [2.05, 4.69) is 29.3 Å². The molecule has 1 fully saturated rings. The zero-order valence-corrected chi connectivity index (χ0v) is 22.7. The van der Waals surface area contributed by atoms with Crippen molar-refractivity contribution in [2.75, 3.05) is 12.3 Å². The highest BCUT2D eigenvalue weighted by molar-refractivity contribution is 7.60. The summed E-state index contributed by atoms with van der Waals surface area (Å²) in [5.74, 6) is -1.42. The van der Waals surface area contributed by atoms with E-state index in [1.807, 2.05) is 0 Å². The number of nitrogen functional groups attached to an aromatic ring is 1. The Balaban J connectivity index is 1.49. The molecule has 2 aromatic heterocycles. The lowest BCUT2D eigenvalue weighted by Crippen LogP contribution is -2.38. The van der Waals surface area contributed by atoms with Crippen LogP contribution in [0.1, 0.15) is 16.6 Å². The van der Waals surface area contributed by atoms with E-state index in [1.54, 1.807) is 36.4 Å². The zero-order chi connectivity index (χ0) is 30.2. The van der Waals surface area contributed by atoms with Crippen LogP contribution in [0.4, 0.5) is 11.8 Å². The lowest BCUT2D eigenvalue weighted by molar-refractivity contribution is -0.0520. The molecule has 1 unspecified atom stereocenters. The first kappa shape index (κ1) is 29.5. The van der Waals surface area contributed by atoms with Gasteiger partial charge in [-0.25, -0.2) is 28.9 Å². The first-order chi connectivity index (χ1) is 19.9. The second kappa shape index (κ2) is 11.4. The van der Waals surface area contributed by atoms with Crippen molar-refractivity contribution in [3.63, 3.8) is 0 Å². The molecule has 0 saturated carbocycles. The second-order valence-electron chi connectivity index (χ2n) is 8.71. The van der Waals surface area contributed by atoms with Gasteiger partial charge < -0.3 is 35.0 Å². The van der Waals surface area contributed by atoms with Gasteiger partial charge in [0.1, 0.15) is 17.7 Å². The number of benzene rings is 2. The molecule has 5 atom stereocenters. The maximum absolute atomic E-state index is 13.3. The number of carbonyl (C=O) groups excluding carboxylic acids is 1. The van der Waals surface area contributed by atoms with Crippen molar-refractivity contribution in [3.05, 3.63) is 64.8 Å². The number of imidazole rings is 1. The molecule has 0 bridgehead atoms. The fourth-order valence-corrected chi connectivity index (χ4v) is 5.94. The van der Waals surface area contributed by atoms with E-state index >= 15 is 0 Å². The number of aromatic nitrogens is 4. The van der Waals surface area contributed by atoms with Crippen molar-refractivity contribution in [1.29, 1.82) is 0 Å². The van der Waals surface area contributed by atoms with Crippen LogP contribution in [0.2, 0.25) is 0 Å². The van der Waals surface area contributed by atoms with Crippen LogP contribution >= 0.6 is 15.6 Å². The van der Waals surface area contributed by atoms with Crippen LogP contribution in [0.5, 0.6) is 0 Å². The van der Waals surface area contributed by atoms with Crippen molar-refractivity contribution in [2.45, 2.75) is 24.5 Å². The summed E-state index contributed by atoms with van der Waals surface area (Å²) in [5, 5.41) is 15.8. The number of ether oxygens (including phenoxy) is 2. The quantitative estimate of drug-likeness (QED) is 0.0588. The van der Waals surface area contributed by atoms with E-state index < -0.39 is 52.8 Å². The van der Waals surface area contributed by atoms with E-state index in [-0.39, 0.29) is 28.5 Å². The smallest absolute Gasteiger partial charge is 0.453 e. The summed E-state index contributed by atoms with van der Waals surface area (Å²) in [6, 6.07) is 11.8. The molecule has 0 radical (unpaired) electrons. The molecule has 6 N–H and O–H groups in total. The average Bonchev–Trinajstić information content (AvgIpc) is 3.47. The SMILES string of the molecule is [N-]=[N+]=Nc1nc(N)c2ncn([C@@H]3O[C@H](COP(=O)(O)OP(=O)(O)O)[C@@H](OC(=O)c4cccc5ccccc45)[C@H]3O)c2n1. The fraction of sp³-hybridized carbons (Fsp3) is 0.238. The van der Waals surface area contributed by atoms with Crippen LogP contribution in [-0.4, -0.2) is 70.2 Å². The Bertz CT molecular complexity index is 1820. The van der Waals surface area contributed by atoms with Crippen LogP contribution in [0, 0.1) is 0 Å². The molecule has 1 aliphatic heterocycles. The lowest BCUT2D eigenvalue weighted by atomic mass is 10.0. The predicted molar refractivity (Wildman–Crippen MR) is 141 cm³/mol. The maximum Gasteiger partial charge on any atom is 0.481 e. The molecule has 3 heterocycles. The highest BCUT2D eigenvalue weighted by Crippen LogP contribution is 2.57. The number of nitrogens with two attached hydrogens (primary N) is 1. The van der Waals surface area contributed by atoms with E-state index in [4.69, 9.17) is 35.0 Å². The van der Waals surface area contributed by atoms with Crippen molar-refractivity contribution < 1.29 is 52.0 Å². The van der Waals surface area contributed by atoms with Gasteiger partial charge in [0.05, 0.1) is 18.5 Å². The van der Waals surface area contributed by atoms with Gasteiger partial charge in [-0.3, -0.25) is 9.09 Å². The second-order valence-corrected chi connectivity index (χ2v) is 11.5. The molecule has 42 heavy (non-hydrogen) atoms. The van der Waals surface area contributed by atoms with Crippen LogP contribution in [0.15, 0.2) is 53.9 Å². The van der Waals surface area contributed by atoms with Crippen molar-refractivity contribution in [1.82, 2.24) is 19.5 Å².